The van der Waals surface area contributed by atoms with E-state index >= 15 is 0 Å². The zero-order valence-corrected chi connectivity index (χ0v) is 14.5. The fourth-order valence-corrected chi connectivity index (χ4v) is 3.87. The molecule has 1 heterocycles. The average molecular weight is 311 g/mol. The third kappa shape index (κ3) is 4.85. The van der Waals surface area contributed by atoms with E-state index in [9.17, 15) is 4.79 Å². The average Bonchev–Trinajstić information content (AvgIpc) is 2.51. The highest BCUT2D eigenvalue weighted by Crippen LogP contribution is 2.19. The molecule has 2 amide bonds. The lowest BCUT2D eigenvalue weighted by Crippen LogP contribution is -2.60. The molecule has 0 aromatic carbocycles. The van der Waals surface area contributed by atoms with Gasteiger partial charge in [-0.25, -0.2) is 4.79 Å². The van der Waals surface area contributed by atoms with E-state index in [0.29, 0.717) is 18.1 Å². The molecule has 22 heavy (non-hydrogen) atoms. The largest absolute Gasteiger partial charge is 0.385 e. The van der Waals surface area contributed by atoms with E-state index in [4.69, 9.17) is 4.74 Å². The Morgan fingerprint density at radius 1 is 1.14 bits per heavy atom. The van der Waals surface area contributed by atoms with Crippen molar-refractivity contribution < 1.29 is 9.53 Å². The van der Waals surface area contributed by atoms with E-state index in [1.807, 2.05) is 4.90 Å². The van der Waals surface area contributed by atoms with Crippen molar-refractivity contribution in [1.29, 1.82) is 0 Å². The zero-order valence-electron chi connectivity index (χ0n) is 14.5. The highest BCUT2D eigenvalue weighted by Gasteiger charge is 2.32. The Balaban J connectivity index is 1.80. The van der Waals surface area contributed by atoms with Gasteiger partial charge in [0.25, 0.3) is 0 Å². The quantitative estimate of drug-likeness (QED) is 0.793. The van der Waals surface area contributed by atoms with Crippen molar-refractivity contribution in [2.45, 2.75) is 70.5 Å². The summed E-state index contributed by atoms with van der Waals surface area (Å²) in [6, 6.07) is 1.36. The van der Waals surface area contributed by atoms with Crippen LogP contribution in [0.4, 0.5) is 4.79 Å². The maximum Gasteiger partial charge on any atom is 0.317 e. The number of ether oxygens (including phenoxy) is 1. The molecule has 1 saturated carbocycles. The zero-order chi connectivity index (χ0) is 15.9. The van der Waals surface area contributed by atoms with Gasteiger partial charge in [-0.1, -0.05) is 19.3 Å². The minimum Gasteiger partial charge on any atom is -0.385 e. The second-order valence-corrected chi connectivity index (χ2v) is 6.97. The lowest BCUT2D eigenvalue weighted by atomic mass is 9.96. The fourth-order valence-electron chi connectivity index (χ4n) is 3.87. The summed E-state index contributed by atoms with van der Waals surface area (Å²) in [7, 11) is 1.75. The number of piperazine rings is 1. The molecule has 2 unspecified atom stereocenters. The predicted octanol–water partition coefficient (Wildman–Crippen LogP) is 2.46. The molecule has 5 heteroatoms. The van der Waals surface area contributed by atoms with Crippen LogP contribution in [0.3, 0.4) is 0 Å². The van der Waals surface area contributed by atoms with Crippen LogP contribution in [0.2, 0.25) is 0 Å². The van der Waals surface area contributed by atoms with E-state index in [-0.39, 0.29) is 6.03 Å². The Kier molecular flexibility index (Phi) is 6.96. The predicted molar refractivity (Wildman–Crippen MR) is 89.1 cm³/mol. The summed E-state index contributed by atoms with van der Waals surface area (Å²) < 4.78 is 5.15. The Morgan fingerprint density at radius 2 is 1.77 bits per heavy atom. The summed E-state index contributed by atoms with van der Waals surface area (Å²) in [5.41, 5.74) is 0. The van der Waals surface area contributed by atoms with Crippen molar-refractivity contribution in [3.05, 3.63) is 0 Å². The highest BCUT2D eigenvalue weighted by atomic mass is 16.5. The van der Waals surface area contributed by atoms with Gasteiger partial charge >= 0.3 is 6.03 Å². The molecule has 1 N–H and O–H groups in total. The van der Waals surface area contributed by atoms with Crippen LogP contribution in [-0.2, 0) is 4.74 Å². The molecule has 2 atom stereocenters. The molecular formula is C17H33N3O2. The first-order valence-electron chi connectivity index (χ1n) is 8.92. The van der Waals surface area contributed by atoms with Gasteiger partial charge in [0.15, 0.2) is 0 Å². The third-order valence-electron chi connectivity index (χ3n) is 5.09. The van der Waals surface area contributed by atoms with Gasteiger partial charge < -0.3 is 15.0 Å². The number of carbonyl (C=O) groups is 1. The molecule has 5 nitrogen and oxygen atoms in total. The Morgan fingerprint density at radius 3 is 2.36 bits per heavy atom. The van der Waals surface area contributed by atoms with Crippen LogP contribution in [0.25, 0.3) is 0 Å². The van der Waals surface area contributed by atoms with E-state index in [1.54, 1.807) is 7.11 Å². The van der Waals surface area contributed by atoms with Crippen molar-refractivity contribution >= 4 is 6.03 Å². The maximum absolute atomic E-state index is 12.5. The topological polar surface area (TPSA) is 44.8 Å². The molecule has 1 saturated heterocycles. The molecule has 1 aliphatic heterocycles. The number of amides is 2. The minimum absolute atomic E-state index is 0.141. The molecule has 0 aromatic heterocycles. The molecule has 128 valence electrons. The van der Waals surface area contributed by atoms with E-state index in [2.05, 4.69) is 24.1 Å². The van der Waals surface area contributed by atoms with Crippen LogP contribution in [0.5, 0.6) is 0 Å². The first-order chi connectivity index (χ1) is 10.6. The standard InChI is InChI=1S/C17H33N3O2/c1-14-12-19(13-15(2)20(14)10-7-11-22-3)17(21)18-16-8-5-4-6-9-16/h14-16H,4-13H2,1-3H3,(H,18,21). The number of nitrogens with one attached hydrogen (secondary N) is 1. The van der Waals surface area contributed by atoms with Gasteiger partial charge in [-0.05, 0) is 33.1 Å². The number of urea groups is 1. The van der Waals surface area contributed by atoms with Gasteiger partial charge in [-0.2, -0.15) is 0 Å². The number of carbonyl (C=O) groups excluding carboxylic acids is 1. The number of hydrogen-bond acceptors (Lipinski definition) is 3. The molecule has 2 rings (SSSR count). The molecular weight excluding hydrogens is 278 g/mol. The van der Waals surface area contributed by atoms with Gasteiger partial charge in [0.05, 0.1) is 0 Å². The smallest absolute Gasteiger partial charge is 0.317 e. The summed E-state index contributed by atoms with van der Waals surface area (Å²) in [4.78, 5) is 17.0. The summed E-state index contributed by atoms with van der Waals surface area (Å²) in [5, 5.41) is 3.25. The van der Waals surface area contributed by atoms with Crippen molar-refractivity contribution in [1.82, 2.24) is 15.1 Å². The van der Waals surface area contributed by atoms with Crippen LogP contribution >= 0.6 is 0 Å². The van der Waals surface area contributed by atoms with E-state index in [1.165, 1.54) is 19.3 Å². The summed E-state index contributed by atoms with van der Waals surface area (Å²) >= 11 is 0. The Hall–Kier alpha value is -0.810. The lowest BCUT2D eigenvalue weighted by molar-refractivity contribution is 0.0471. The maximum atomic E-state index is 12.5. The van der Waals surface area contributed by atoms with E-state index in [0.717, 1.165) is 45.5 Å². The van der Waals surface area contributed by atoms with Crippen LogP contribution in [-0.4, -0.2) is 67.3 Å². The number of hydrogen-bond donors (Lipinski definition) is 1. The van der Waals surface area contributed by atoms with Gasteiger partial charge in [-0.3, -0.25) is 4.90 Å². The molecule has 2 fully saturated rings. The van der Waals surface area contributed by atoms with Gasteiger partial charge in [0.2, 0.25) is 0 Å². The van der Waals surface area contributed by atoms with Crippen LogP contribution < -0.4 is 5.32 Å². The normalized spacial score (nSPS) is 27.9. The van der Waals surface area contributed by atoms with Gasteiger partial charge in [0, 0.05) is 51.5 Å². The van der Waals surface area contributed by atoms with Crippen molar-refractivity contribution in [2.75, 3.05) is 33.4 Å². The molecule has 1 aliphatic carbocycles. The number of nitrogens with zero attached hydrogens (tertiary/aromatic N) is 2. The molecule has 0 bridgehead atoms. The van der Waals surface area contributed by atoms with Gasteiger partial charge in [-0.15, -0.1) is 0 Å². The van der Waals surface area contributed by atoms with Crippen LogP contribution in [0.1, 0.15) is 52.4 Å². The summed E-state index contributed by atoms with van der Waals surface area (Å²) in [6.45, 7) is 7.97. The van der Waals surface area contributed by atoms with Crippen molar-refractivity contribution in [2.24, 2.45) is 0 Å². The molecule has 0 radical (unpaired) electrons. The van der Waals surface area contributed by atoms with Crippen LogP contribution in [0, 0.1) is 0 Å². The first kappa shape index (κ1) is 17.5. The van der Waals surface area contributed by atoms with Crippen molar-refractivity contribution in [3.63, 3.8) is 0 Å². The van der Waals surface area contributed by atoms with Crippen molar-refractivity contribution in [3.8, 4) is 0 Å². The summed E-state index contributed by atoms with van der Waals surface area (Å²) in [6.07, 6.45) is 7.18. The second kappa shape index (κ2) is 8.73. The third-order valence-corrected chi connectivity index (χ3v) is 5.09. The molecule has 2 aliphatic rings. The fraction of sp³-hybridized carbons (Fsp3) is 0.941. The Labute approximate surface area is 135 Å². The summed E-state index contributed by atoms with van der Waals surface area (Å²) in [5.74, 6) is 0. The second-order valence-electron chi connectivity index (χ2n) is 6.97. The molecule has 0 spiro atoms. The van der Waals surface area contributed by atoms with Crippen LogP contribution in [0.15, 0.2) is 0 Å². The SMILES string of the molecule is COCCCN1C(C)CN(C(=O)NC2CCCCC2)CC1C. The monoisotopic (exact) mass is 311 g/mol. The minimum atomic E-state index is 0.141. The highest BCUT2D eigenvalue weighted by molar-refractivity contribution is 5.74. The van der Waals surface area contributed by atoms with Gasteiger partial charge in [0.1, 0.15) is 0 Å². The number of methoxy groups -OCH3 is 1. The van der Waals surface area contributed by atoms with E-state index < -0.39 is 0 Å². The number of rotatable bonds is 5. The molecule has 0 aromatic rings. The lowest BCUT2D eigenvalue weighted by Gasteiger charge is -2.44. The first-order valence-corrected chi connectivity index (χ1v) is 8.92. The Bertz CT molecular complexity index is 333.